The molecule has 1 saturated carbocycles. The third-order valence-electron chi connectivity index (χ3n) is 5.81. The Morgan fingerprint density at radius 2 is 1.76 bits per heavy atom. The molecule has 2 fully saturated rings. The number of morpholine rings is 1. The van der Waals surface area contributed by atoms with Gasteiger partial charge in [-0.3, -0.25) is 4.79 Å². The topological polar surface area (TPSA) is 78.9 Å². The van der Waals surface area contributed by atoms with Gasteiger partial charge in [0.25, 0.3) is 5.91 Å². The number of carboxylic acid groups (broad SMARTS) is 1. The van der Waals surface area contributed by atoms with Gasteiger partial charge in [-0.15, -0.1) is 11.3 Å². The van der Waals surface area contributed by atoms with Crippen LogP contribution in [0.3, 0.4) is 0 Å². The average Bonchev–Trinajstić information content (AvgIpc) is 3.19. The Labute approximate surface area is 174 Å². The number of carbonyl (C=O) groups is 2. The molecule has 1 aromatic heterocycles. The maximum Gasteiger partial charge on any atom is 0.339 e. The summed E-state index contributed by atoms with van der Waals surface area (Å²) in [5, 5.41) is 14.9. The molecule has 0 unspecified atom stereocenters. The van der Waals surface area contributed by atoms with Gasteiger partial charge in [-0.1, -0.05) is 19.3 Å². The summed E-state index contributed by atoms with van der Waals surface area (Å²) >= 11 is 1.31. The van der Waals surface area contributed by atoms with Crippen molar-refractivity contribution in [2.45, 2.75) is 38.0 Å². The largest absolute Gasteiger partial charge is 0.478 e. The summed E-state index contributed by atoms with van der Waals surface area (Å²) in [5.41, 5.74) is 2.72. The summed E-state index contributed by atoms with van der Waals surface area (Å²) in [6.07, 6.45) is 5.53. The van der Waals surface area contributed by atoms with Gasteiger partial charge in [-0.25, -0.2) is 4.79 Å². The first-order valence-electron chi connectivity index (χ1n) is 10.2. The number of rotatable bonds is 5. The molecule has 0 radical (unpaired) electrons. The van der Waals surface area contributed by atoms with Gasteiger partial charge in [0, 0.05) is 24.3 Å². The maximum atomic E-state index is 12.7. The van der Waals surface area contributed by atoms with Gasteiger partial charge >= 0.3 is 5.97 Å². The lowest BCUT2D eigenvalue weighted by Crippen LogP contribution is -2.36. The van der Waals surface area contributed by atoms with Gasteiger partial charge in [0.15, 0.2) is 0 Å². The number of hydrogen-bond donors (Lipinski definition) is 2. The van der Waals surface area contributed by atoms with Gasteiger partial charge in [0.05, 0.1) is 18.8 Å². The number of hydrogen-bond acceptors (Lipinski definition) is 5. The molecule has 1 aliphatic carbocycles. The van der Waals surface area contributed by atoms with Crippen molar-refractivity contribution >= 4 is 33.9 Å². The highest BCUT2D eigenvalue weighted by molar-refractivity contribution is 7.15. The lowest BCUT2D eigenvalue weighted by molar-refractivity contribution is 0.0696. The minimum Gasteiger partial charge on any atom is -0.478 e. The minimum absolute atomic E-state index is 0.264. The standard InChI is InChI=1S/C22H26N2O4S/c25-20(16-6-8-17(9-7-16)24-10-12-28-13-11-24)23-21-19(22(26)27)18(14-29-21)15-4-2-1-3-5-15/h6-9,14-15H,1-5,10-13H2,(H,23,25)(H,26,27). The van der Waals surface area contributed by atoms with Crippen molar-refractivity contribution < 1.29 is 19.4 Å². The van der Waals surface area contributed by atoms with E-state index in [1.165, 1.54) is 17.8 Å². The maximum absolute atomic E-state index is 12.7. The predicted octanol–water partition coefficient (Wildman–Crippen LogP) is 4.58. The van der Waals surface area contributed by atoms with Crippen molar-refractivity contribution in [1.29, 1.82) is 0 Å². The van der Waals surface area contributed by atoms with Crippen LogP contribution in [0, 0.1) is 0 Å². The van der Waals surface area contributed by atoms with Gasteiger partial charge in [-0.2, -0.15) is 0 Å². The SMILES string of the molecule is O=C(Nc1scc(C2CCCCC2)c1C(=O)O)c1ccc(N2CCOCC2)cc1. The van der Waals surface area contributed by atoms with Gasteiger partial charge in [0.2, 0.25) is 0 Å². The van der Waals surface area contributed by atoms with Crippen molar-refractivity contribution in [3.05, 3.63) is 46.3 Å². The van der Waals surface area contributed by atoms with E-state index in [1.54, 1.807) is 12.1 Å². The average molecular weight is 415 g/mol. The number of thiophene rings is 1. The monoisotopic (exact) mass is 414 g/mol. The first kappa shape index (κ1) is 19.9. The predicted molar refractivity (Wildman–Crippen MR) is 115 cm³/mol. The zero-order valence-electron chi connectivity index (χ0n) is 16.4. The lowest BCUT2D eigenvalue weighted by Gasteiger charge is -2.28. The first-order chi connectivity index (χ1) is 14.1. The third kappa shape index (κ3) is 4.46. The highest BCUT2D eigenvalue weighted by Gasteiger charge is 2.26. The molecule has 0 bridgehead atoms. The van der Waals surface area contributed by atoms with E-state index in [2.05, 4.69) is 10.2 Å². The molecular formula is C22H26N2O4S. The number of carboxylic acids is 1. The molecule has 2 aromatic rings. The van der Waals surface area contributed by atoms with E-state index in [0.29, 0.717) is 23.8 Å². The molecule has 4 rings (SSSR count). The molecule has 0 atom stereocenters. The molecule has 29 heavy (non-hydrogen) atoms. The normalized spacial score (nSPS) is 17.9. The second kappa shape index (κ2) is 8.97. The van der Waals surface area contributed by atoms with Gasteiger partial charge in [-0.05, 0) is 54.0 Å². The van der Waals surface area contributed by atoms with Crippen molar-refractivity contribution in [2.24, 2.45) is 0 Å². The van der Waals surface area contributed by atoms with Crippen LogP contribution >= 0.6 is 11.3 Å². The number of anilines is 2. The molecule has 1 amide bonds. The first-order valence-corrected chi connectivity index (χ1v) is 11.1. The van der Waals surface area contributed by atoms with E-state index < -0.39 is 5.97 Å². The number of carbonyl (C=O) groups excluding carboxylic acids is 1. The molecule has 2 heterocycles. The Kier molecular flexibility index (Phi) is 6.16. The summed E-state index contributed by atoms with van der Waals surface area (Å²) < 4.78 is 5.37. The highest BCUT2D eigenvalue weighted by Crippen LogP contribution is 2.40. The van der Waals surface area contributed by atoms with E-state index in [-0.39, 0.29) is 17.4 Å². The van der Waals surface area contributed by atoms with Crippen LogP contribution < -0.4 is 10.2 Å². The molecule has 1 aromatic carbocycles. The Hall–Kier alpha value is -2.38. The number of amides is 1. The summed E-state index contributed by atoms with van der Waals surface area (Å²) in [6.45, 7) is 3.10. The number of ether oxygens (including phenoxy) is 1. The van der Waals surface area contributed by atoms with E-state index in [1.807, 2.05) is 17.5 Å². The number of aromatic carboxylic acids is 1. The van der Waals surface area contributed by atoms with Crippen molar-refractivity contribution in [2.75, 3.05) is 36.5 Å². The summed E-state index contributed by atoms with van der Waals surface area (Å²) in [4.78, 5) is 26.9. The van der Waals surface area contributed by atoms with Crippen LogP contribution in [0.4, 0.5) is 10.7 Å². The second-order valence-electron chi connectivity index (χ2n) is 7.64. The molecule has 6 nitrogen and oxygen atoms in total. The zero-order chi connectivity index (χ0) is 20.2. The Bertz CT molecular complexity index is 865. The van der Waals surface area contributed by atoms with E-state index in [9.17, 15) is 14.7 Å². The van der Waals surface area contributed by atoms with Gasteiger partial charge in [0.1, 0.15) is 5.00 Å². The molecule has 1 aliphatic heterocycles. The van der Waals surface area contributed by atoms with E-state index in [4.69, 9.17) is 4.74 Å². The lowest BCUT2D eigenvalue weighted by atomic mass is 9.83. The molecular weight excluding hydrogens is 388 g/mol. The van der Waals surface area contributed by atoms with Crippen molar-refractivity contribution in [3.63, 3.8) is 0 Å². The van der Waals surface area contributed by atoms with Gasteiger partial charge < -0.3 is 20.1 Å². The Balaban J connectivity index is 1.49. The third-order valence-corrected chi connectivity index (χ3v) is 6.72. The van der Waals surface area contributed by atoms with Crippen molar-refractivity contribution in [1.82, 2.24) is 0 Å². The molecule has 0 spiro atoms. The minimum atomic E-state index is -0.968. The van der Waals surface area contributed by atoms with Crippen LogP contribution in [0.25, 0.3) is 0 Å². The fourth-order valence-electron chi connectivity index (χ4n) is 4.22. The van der Waals surface area contributed by atoms with Crippen molar-refractivity contribution in [3.8, 4) is 0 Å². The highest BCUT2D eigenvalue weighted by atomic mass is 32.1. The van der Waals surface area contributed by atoms with E-state index in [0.717, 1.165) is 50.0 Å². The fraction of sp³-hybridized carbons (Fsp3) is 0.455. The quantitative estimate of drug-likeness (QED) is 0.749. The fourth-order valence-corrected chi connectivity index (χ4v) is 5.25. The number of benzene rings is 1. The Morgan fingerprint density at radius 3 is 2.41 bits per heavy atom. The summed E-state index contributed by atoms with van der Waals surface area (Å²) in [6, 6.07) is 7.44. The molecule has 2 N–H and O–H groups in total. The smallest absolute Gasteiger partial charge is 0.339 e. The van der Waals surface area contributed by atoms with Crippen LogP contribution in [0.15, 0.2) is 29.6 Å². The van der Waals surface area contributed by atoms with Crippen LogP contribution in [0.2, 0.25) is 0 Å². The van der Waals surface area contributed by atoms with Crippen LogP contribution in [0.1, 0.15) is 64.3 Å². The molecule has 2 aliphatic rings. The summed E-state index contributed by atoms with van der Waals surface area (Å²) in [7, 11) is 0. The van der Waals surface area contributed by atoms with E-state index >= 15 is 0 Å². The number of nitrogens with zero attached hydrogens (tertiary/aromatic N) is 1. The Morgan fingerprint density at radius 1 is 1.07 bits per heavy atom. The molecule has 7 heteroatoms. The van der Waals surface area contributed by atoms with Crippen LogP contribution in [0.5, 0.6) is 0 Å². The summed E-state index contributed by atoms with van der Waals surface area (Å²) in [5.74, 6) is -0.965. The second-order valence-corrected chi connectivity index (χ2v) is 8.52. The van der Waals surface area contributed by atoms with Crippen LogP contribution in [-0.2, 0) is 4.74 Å². The molecule has 1 saturated heterocycles. The number of nitrogens with one attached hydrogen (secondary N) is 1. The van der Waals surface area contributed by atoms with Crippen LogP contribution in [-0.4, -0.2) is 43.3 Å². The zero-order valence-corrected chi connectivity index (χ0v) is 17.2. The molecule has 154 valence electrons.